The van der Waals surface area contributed by atoms with Gasteiger partial charge in [-0.3, -0.25) is 0 Å². The molecule has 0 aromatic rings. The lowest BCUT2D eigenvalue weighted by Gasteiger charge is -2.17. The second-order valence-electron chi connectivity index (χ2n) is 3.13. The molecule has 1 atom stereocenters. The first-order valence-electron chi connectivity index (χ1n) is 3.77. The average Bonchev–Trinajstić information content (AvgIpc) is 1.86. The molecule has 62 valence electrons. The summed E-state index contributed by atoms with van der Waals surface area (Å²) in [5.41, 5.74) is 0.149. The van der Waals surface area contributed by atoms with Crippen molar-refractivity contribution in [2.75, 3.05) is 0 Å². The van der Waals surface area contributed by atoms with Crippen molar-refractivity contribution in [3.63, 3.8) is 0 Å². The van der Waals surface area contributed by atoms with Gasteiger partial charge in [-0.2, -0.15) is 0 Å². The Morgan fingerprint density at radius 2 is 2.18 bits per heavy atom. The van der Waals surface area contributed by atoms with Crippen molar-refractivity contribution in [3.8, 4) is 0 Å². The van der Waals surface area contributed by atoms with Crippen LogP contribution in [0.25, 0.3) is 0 Å². The Hall–Kier alpha value is -0.660. The van der Waals surface area contributed by atoms with Gasteiger partial charge in [0.25, 0.3) is 5.92 Å². The summed E-state index contributed by atoms with van der Waals surface area (Å²) < 4.78 is 25.3. The summed E-state index contributed by atoms with van der Waals surface area (Å²) in [6.45, 7) is 2.87. The molecule has 0 amide bonds. The zero-order valence-corrected chi connectivity index (χ0v) is 6.77. The lowest BCUT2D eigenvalue weighted by atomic mass is 9.95. The maximum Gasteiger partial charge on any atom is 0.270 e. The summed E-state index contributed by atoms with van der Waals surface area (Å²) in [6.07, 6.45) is 5.83. The van der Waals surface area contributed by atoms with E-state index in [-0.39, 0.29) is 11.5 Å². The molecule has 1 rings (SSSR count). The monoisotopic (exact) mass is 158 g/mol. The average molecular weight is 158 g/mol. The number of halogens is 2. The van der Waals surface area contributed by atoms with Gasteiger partial charge in [0, 0.05) is 12.5 Å². The van der Waals surface area contributed by atoms with E-state index in [0.717, 1.165) is 13.3 Å². The molecule has 0 aromatic carbocycles. The Morgan fingerprint density at radius 1 is 1.55 bits per heavy atom. The van der Waals surface area contributed by atoms with Gasteiger partial charge in [-0.15, -0.1) is 0 Å². The predicted molar refractivity (Wildman–Crippen MR) is 41.6 cm³/mol. The highest BCUT2D eigenvalue weighted by Gasteiger charge is 2.26. The third kappa shape index (κ3) is 2.14. The first-order valence-corrected chi connectivity index (χ1v) is 3.77. The van der Waals surface area contributed by atoms with Crippen molar-refractivity contribution in [2.45, 2.75) is 26.2 Å². The van der Waals surface area contributed by atoms with Crippen molar-refractivity contribution < 1.29 is 8.78 Å². The molecule has 0 aliphatic heterocycles. The van der Waals surface area contributed by atoms with Gasteiger partial charge in [0.1, 0.15) is 0 Å². The molecular formula is C9H12F2. The van der Waals surface area contributed by atoms with E-state index in [2.05, 4.69) is 0 Å². The van der Waals surface area contributed by atoms with Gasteiger partial charge in [0.05, 0.1) is 0 Å². The third-order valence-corrected chi connectivity index (χ3v) is 1.78. The smallest absolute Gasteiger partial charge is 0.202 e. The van der Waals surface area contributed by atoms with E-state index >= 15 is 0 Å². The number of alkyl halides is 2. The SMILES string of the molecule is CC1C=C(C(C)(F)F)C=CC1. The first-order chi connectivity index (χ1) is 5.00. The summed E-state index contributed by atoms with van der Waals surface area (Å²) in [5.74, 6) is -2.42. The van der Waals surface area contributed by atoms with Gasteiger partial charge in [-0.05, 0) is 12.3 Å². The van der Waals surface area contributed by atoms with Crippen molar-refractivity contribution >= 4 is 0 Å². The van der Waals surface area contributed by atoms with Crippen LogP contribution >= 0.6 is 0 Å². The van der Waals surface area contributed by atoms with E-state index in [1.807, 2.05) is 6.92 Å². The largest absolute Gasteiger partial charge is 0.270 e. The van der Waals surface area contributed by atoms with Gasteiger partial charge in [0.15, 0.2) is 0 Å². The molecule has 2 heteroatoms. The second-order valence-corrected chi connectivity index (χ2v) is 3.13. The lowest BCUT2D eigenvalue weighted by Crippen LogP contribution is -2.14. The fourth-order valence-corrected chi connectivity index (χ4v) is 1.13. The maximum atomic E-state index is 12.7. The van der Waals surface area contributed by atoms with Gasteiger partial charge >= 0.3 is 0 Å². The van der Waals surface area contributed by atoms with Crippen molar-refractivity contribution in [1.82, 2.24) is 0 Å². The minimum Gasteiger partial charge on any atom is -0.202 e. The van der Waals surface area contributed by atoms with Crippen LogP contribution in [0.4, 0.5) is 8.78 Å². The highest BCUT2D eigenvalue weighted by molar-refractivity contribution is 5.29. The van der Waals surface area contributed by atoms with Crippen molar-refractivity contribution in [3.05, 3.63) is 23.8 Å². The quantitative estimate of drug-likeness (QED) is 0.549. The summed E-state index contributed by atoms with van der Waals surface area (Å²) >= 11 is 0. The molecule has 0 nitrogen and oxygen atoms in total. The third-order valence-electron chi connectivity index (χ3n) is 1.78. The van der Waals surface area contributed by atoms with Crippen LogP contribution in [0.3, 0.4) is 0 Å². The molecule has 0 saturated carbocycles. The van der Waals surface area contributed by atoms with Gasteiger partial charge in [-0.25, -0.2) is 8.78 Å². The molecule has 1 unspecified atom stereocenters. The minimum absolute atomic E-state index is 0.149. The summed E-state index contributed by atoms with van der Waals surface area (Å²) in [6, 6.07) is 0. The van der Waals surface area contributed by atoms with E-state index in [1.165, 1.54) is 6.08 Å². The highest BCUT2D eigenvalue weighted by Crippen LogP contribution is 2.29. The predicted octanol–water partition coefficient (Wildman–Crippen LogP) is 3.16. The molecule has 0 saturated heterocycles. The standard InChI is InChI=1S/C9H12F2/c1-7-4-3-5-8(6-7)9(2,10)11/h3,5-7H,4H2,1-2H3. The van der Waals surface area contributed by atoms with Crippen LogP contribution in [-0.2, 0) is 0 Å². The Kier molecular flexibility index (Phi) is 2.12. The van der Waals surface area contributed by atoms with Crippen molar-refractivity contribution in [2.24, 2.45) is 5.92 Å². The number of hydrogen-bond acceptors (Lipinski definition) is 0. The molecule has 0 aromatic heterocycles. The van der Waals surface area contributed by atoms with Gasteiger partial charge in [0.2, 0.25) is 0 Å². The topological polar surface area (TPSA) is 0 Å². The Bertz CT molecular complexity index is 196. The fourth-order valence-electron chi connectivity index (χ4n) is 1.13. The Morgan fingerprint density at radius 3 is 2.55 bits per heavy atom. The van der Waals surface area contributed by atoms with Crippen LogP contribution in [-0.4, -0.2) is 5.92 Å². The van der Waals surface area contributed by atoms with E-state index < -0.39 is 5.92 Å². The minimum atomic E-state index is -2.68. The molecular weight excluding hydrogens is 146 g/mol. The molecule has 0 bridgehead atoms. The molecule has 0 fully saturated rings. The summed E-state index contributed by atoms with van der Waals surface area (Å²) in [4.78, 5) is 0. The van der Waals surface area contributed by atoms with E-state index in [0.29, 0.717) is 0 Å². The Balaban J connectivity index is 2.80. The molecule has 0 spiro atoms. The molecule has 1 aliphatic carbocycles. The zero-order chi connectivity index (χ0) is 8.48. The second kappa shape index (κ2) is 2.76. The van der Waals surface area contributed by atoms with Crippen LogP contribution in [0.5, 0.6) is 0 Å². The van der Waals surface area contributed by atoms with E-state index in [9.17, 15) is 8.78 Å². The van der Waals surface area contributed by atoms with E-state index in [4.69, 9.17) is 0 Å². The van der Waals surface area contributed by atoms with Gasteiger partial charge in [-0.1, -0.05) is 25.2 Å². The molecule has 0 heterocycles. The lowest BCUT2D eigenvalue weighted by molar-refractivity contribution is 0.0663. The highest BCUT2D eigenvalue weighted by atomic mass is 19.3. The van der Waals surface area contributed by atoms with E-state index in [1.54, 1.807) is 12.2 Å². The van der Waals surface area contributed by atoms with Crippen molar-refractivity contribution in [1.29, 1.82) is 0 Å². The number of allylic oxidation sites excluding steroid dienone is 4. The van der Waals surface area contributed by atoms with Crippen LogP contribution in [0.2, 0.25) is 0 Å². The van der Waals surface area contributed by atoms with Gasteiger partial charge < -0.3 is 0 Å². The normalized spacial score (nSPS) is 25.1. The van der Waals surface area contributed by atoms with Crippen LogP contribution < -0.4 is 0 Å². The first kappa shape index (κ1) is 8.44. The summed E-state index contributed by atoms with van der Waals surface area (Å²) in [5, 5.41) is 0. The van der Waals surface area contributed by atoms with Crippen LogP contribution in [0.1, 0.15) is 20.3 Å². The molecule has 11 heavy (non-hydrogen) atoms. The summed E-state index contributed by atoms with van der Waals surface area (Å²) in [7, 11) is 0. The number of rotatable bonds is 1. The zero-order valence-electron chi connectivity index (χ0n) is 6.77. The molecule has 0 radical (unpaired) electrons. The fraction of sp³-hybridized carbons (Fsp3) is 0.556. The molecule has 1 aliphatic rings. The number of hydrogen-bond donors (Lipinski definition) is 0. The molecule has 0 N–H and O–H groups in total. The van der Waals surface area contributed by atoms with Crippen LogP contribution in [0, 0.1) is 5.92 Å². The van der Waals surface area contributed by atoms with Crippen LogP contribution in [0.15, 0.2) is 23.8 Å². The maximum absolute atomic E-state index is 12.7. The Labute approximate surface area is 65.6 Å².